The lowest BCUT2D eigenvalue weighted by Gasteiger charge is -2.35. The number of aromatic nitrogens is 1. The zero-order chi connectivity index (χ0) is 13.9. The first kappa shape index (κ1) is 13.8. The molecule has 2 N–H and O–H groups in total. The molecule has 0 spiro atoms. The van der Waals surface area contributed by atoms with Crippen LogP contribution < -0.4 is 10.6 Å². The molecule has 0 bridgehead atoms. The number of carbonyl (C=O) groups is 1. The maximum atomic E-state index is 11.9. The van der Waals surface area contributed by atoms with E-state index in [0.717, 1.165) is 18.5 Å². The highest BCUT2D eigenvalue weighted by Crippen LogP contribution is 2.23. The Morgan fingerprint density at radius 1 is 1.47 bits per heavy atom. The van der Waals surface area contributed by atoms with Gasteiger partial charge in [-0.1, -0.05) is 6.07 Å². The van der Waals surface area contributed by atoms with Crippen molar-refractivity contribution >= 4 is 11.8 Å². The molecule has 0 unspecified atom stereocenters. The van der Waals surface area contributed by atoms with Crippen molar-refractivity contribution in [1.82, 2.24) is 10.3 Å². The molecule has 2 rings (SSSR count). The molecule has 0 aromatic carbocycles. The van der Waals surface area contributed by atoms with Gasteiger partial charge in [0, 0.05) is 18.3 Å². The quantitative estimate of drug-likeness (QED) is 0.861. The first-order chi connectivity index (χ1) is 8.94. The van der Waals surface area contributed by atoms with Crippen molar-refractivity contribution in [2.24, 2.45) is 0 Å². The summed E-state index contributed by atoms with van der Waals surface area (Å²) in [7, 11) is 0. The Morgan fingerprint density at radius 3 is 2.95 bits per heavy atom. The van der Waals surface area contributed by atoms with Gasteiger partial charge in [0.1, 0.15) is 5.82 Å². The maximum absolute atomic E-state index is 11.9. The molecule has 2 heterocycles. The largest absolute Gasteiger partial charge is 0.375 e. The second kappa shape index (κ2) is 5.57. The van der Waals surface area contributed by atoms with E-state index in [0.29, 0.717) is 12.4 Å². The molecule has 1 saturated heterocycles. The number of anilines is 1. The fraction of sp³-hybridized carbons (Fsp3) is 0.571. The van der Waals surface area contributed by atoms with Gasteiger partial charge in [-0.2, -0.15) is 0 Å². The van der Waals surface area contributed by atoms with E-state index in [-0.39, 0.29) is 17.7 Å². The van der Waals surface area contributed by atoms with E-state index in [1.54, 1.807) is 6.07 Å². The van der Waals surface area contributed by atoms with Gasteiger partial charge in [-0.25, -0.2) is 9.78 Å². The van der Waals surface area contributed by atoms with E-state index in [1.165, 1.54) is 0 Å². The molecule has 1 fully saturated rings. The number of pyridine rings is 1. The highest BCUT2D eigenvalue weighted by atomic mass is 16.5. The zero-order valence-electron chi connectivity index (χ0n) is 11.7. The van der Waals surface area contributed by atoms with Crippen LogP contribution in [0.5, 0.6) is 0 Å². The standard InChI is InChI=1S/C14H21N3O2/c1-10-5-4-6-12(15-10)17-13(18)16-11-7-8-19-14(2,3)9-11/h4-6,11H,7-9H2,1-3H3,(H2,15,16,17,18)/t11-/m1/s1. The molecule has 1 aliphatic rings. The number of hydrogen-bond acceptors (Lipinski definition) is 3. The summed E-state index contributed by atoms with van der Waals surface area (Å²) in [5, 5.41) is 5.73. The SMILES string of the molecule is Cc1cccc(NC(=O)N[C@@H]2CCOC(C)(C)C2)n1. The minimum Gasteiger partial charge on any atom is -0.375 e. The molecule has 2 amide bonds. The van der Waals surface area contributed by atoms with Crippen LogP contribution in [-0.2, 0) is 4.74 Å². The van der Waals surface area contributed by atoms with E-state index in [4.69, 9.17) is 4.74 Å². The predicted octanol–water partition coefficient (Wildman–Crippen LogP) is 2.47. The van der Waals surface area contributed by atoms with Gasteiger partial charge in [0.15, 0.2) is 0 Å². The summed E-state index contributed by atoms with van der Waals surface area (Å²) in [5.74, 6) is 0.573. The van der Waals surface area contributed by atoms with Crippen LogP contribution in [-0.4, -0.2) is 29.3 Å². The van der Waals surface area contributed by atoms with Crippen LogP contribution in [0.25, 0.3) is 0 Å². The van der Waals surface area contributed by atoms with Gasteiger partial charge in [-0.15, -0.1) is 0 Å². The summed E-state index contributed by atoms with van der Waals surface area (Å²) in [6, 6.07) is 5.48. The smallest absolute Gasteiger partial charge is 0.320 e. The molecule has 1 aromatic heterocycles. The molecule has 0 radical (unpaired) electrons. The van der Waals surface area contributed by atoms with Crippen molar-refractivity contribution in [2.45, 2.75) is 45.3 Å². The van der Waals surface area contributed by atoms with Crippen LogP contribution in [0.15, 0.2) is 18.2 Å². The normalized spacial score (nSPS) is 21.7. The zero-order valence-corrected chi connectivity index (χ0v) is 11.7. The van der Waals surface area contributed by atoms with Gasteiger partial charge in [0.2, 0.25) is 0 Å². The molecule has 0 saturated carbocycles. The van der Waals surface area contributed by atoms with Crippen LogP contribution in [0.2, 0.25) is 0 Å². The van der Waals surface area contributed by atoms with Crippen molar-refractivity contribution in [3.63, 3.8) is 0 Å². The van der Waals surface area contributed by atoms with E-state index >= 15 is 0 Å². The maximum Gasteiger partial charge on any atom is 0.320 e. The Hall–Kier alpha value is -1.62. The van der Waals surface area contributed by atoms with Crippen LogP contribution in [0.1, 0.15) is 32.4 Å². The molecule has 19 heavy (non-hydrogen) atoms. The summed E-state index contributed by atoms with van der Waals surface area (Å²) in [6.45, 7) is 6.66. The number of nitrogens with one attached hydrogen (secondary N) is 2. The molecular formula is C14H21N3O2. The van der Waals surface area contributed by atoms with E-state index in [2.05, 4.69) is 15.6 Å². The first-order valence-corrected chi connectivity index (χ1v) is 6.60. The molecule has 0 aliphatic carbocycles. The van der Waals surface area contributed by atoms with Gasteiger partial charge in [-0.3, -0.25) is 5.32 Å². The molecule has 5 heteroatoms. The van der Waals surface area contributed by atoms with Crippen molar-refractivity contribution < 1.29 is 9.53 Å². The third kappa shape index (κ3) is 4.21. The Morgan fingerprint density at radius 2 is 2.26 bits per heavy atom. The fourth-order valence-electron chi connectivity index (χ4n) is 2.31. The number of ether oxygens (including phenoxy) is 1. The number of nitrogens with zero attached hydrogens (tertiary/aromatic N) is 1. The number of urea groups is 1. The van der Waals surface area contributed by atoms with Crippen LogP contribution >= 0.6 is 0 Å². The van der Waals surface area contributed by atoms with Crippen molar-refractivity contribution in [3.05, 3.63) is 23.9 Å². The third-order valence-corrected chi connectivity index (χ3v) is 3.16. The molecule has 1 atom stereocenters. The van der Waals surface area contributed by atoms with E-state index in [9.17, 15) is 4.79 Å². The van der Waals surface area contributed by atoms with E-state index in [1.807, 2.05) is 32.9 Å². The average Bonchev–Trinajstić information content (AvgIpc) is 2.27. The Balaban J connectivity index is 1.87. The summed E-state index contributed by atoms with van der Waals surface area (Å²) < 4.78 is 5.63. The van der Waals surface area contributed by atoms with Gasteiger partial charge < -0.3 is 10.1 Å². The second-order valence-electron chi connectivity index (χ2n) is 5.56. The lowest BCUT2D eigenvalue weighted by molar-refractivity contribution is -0.0609. The van der Waals surface area contributed by atoms with Crippen LogP contribution in [0, 0.1) is 6.92 Å². The Labute approximate surface area is 113 Å². The monoisotopic (exact) mass is 263 g/mol. The number of hydrogen-bond donors (Lipinski definition) is 2. The van der Waals surface area contributed by atoms with Gasteiger partial charge in [-0.05, 0) is 45.7 Å². The summed E-state index contributed by atoms with van der Waals surface area (Å²) in [6.07, 6.45) is 1.67. The molecule has 104 valence electrons. The minimum atomic E-state index is -0.208. The number of amides is 2. The minimum absolute atomic E-state index is 0.147. The van der Waals surface area contributed by atoms with Crippen molar-refractivity contribution in [3.8, 4) is 0 Å². The highest BCUT2D eigenvalue weighted by Gasteiger charge is 2.29. The van der Waals surface area contributed by atoms with E-state index < -0.39 is 0 Å². The summed E-state index contributed by atoms with van der Waals surface area (Å²) in [4.78, 5) is 16.1. The molecule has 5 nitrogen and oxygen atoms in total. The molecule has 1 aliphatic heterocycles. The number of rotatable bonds is 2. The number of carbonyl (C=O) groups excluding carboxylic acids is 1. The summed E-state index contributed by atoms with van der Waals surface area (Å²) in [5.41, 5.74) is 0.711. The van der Waals surface area contributed by atoms with Crippen LogP contribution in [0.4, 0.5) is 10.6 Å². The lowest BCUT2D eigenvalue weighted by Crippen LogP contribution is -2.47. The van der Waals surface area contributed by atoms with Crippen molar-refractivity contribution in [2.75, 3.05) is 11.9 Å². The van der Waals surface area contributed by atoms with Gasteiger partial charge in [0.05, 0.1) is 5.60 Å². The first-order valence-electron chi connectivity index (χ1n) is 6.60. The third-order valence-electron chi connectivity index (χ3n) is 3.16. The average molecular weight is 263 g/mol. The molecular weight excluding hydrogens is 242 g/mol. The second-order valence-corrected chi connectivity index (χ2v) is 5.56. The van der Waals surface area contributed by atoms with Gasteiger partial charge in [0.25, 0.3) is 0 Å². The topological polar surface area (TPSA) is 63.2 Å². The van der Waals surface area contributed by atoms with Gasteiger partial charge >= 0.3 is 6.03 Å². The summed E-state index contributed by atoms with van der Waals surface area (Å²) >= 11 is 0. The lowest BCUT2D eigenvalue weighted by atomic mass is 9.94. The Kier molecular flexibility index (Phi) is 4.04. The predicted molar refractivity (Wildman–Crippen MR) is 74.2 cm³/mol. The Bertz CT molecular complexity index is 460. The fourth-order valence-corrected chi connectivity index (χ4v) is 2.31. The van der Waals surface area contributed by atoms with Crippen molar-refractivity contribution in [1.29, 1.82) is 0 Å². The van der Waals surface area contributed by atoms with Crippen LogP contribution in [0.3, 0.4) is 0 Å². The number of aryl methyl sites for hydroxylation is 1. The highest BCUT2D eigenvalue weighted by molar-refractivity contribution is 5.88. The molecule has 1 aromatic rings.